The standard InChI is InChI=1S/C56H39N5O/c1-59-55(45-34-31-39(37-21-8-9-22-38(37)45)42-26-16-30-50-51(42)46-25-12-15-29-49(46)62-50)57-54(35-17-4-2-5-18-35)58-56(59)61-48-28-14-11-24-41(48)44-33-32-43-40-23-10-13-27-47(40)60(52(43)53(44)61)36-19-6-3-7-20-36/h2-34,54-55,57H,1H3. The topological polar surface area (TPSA) is 50.6 Å². The van der Waals surface area contributed by atoms with E-state index in [1.165, 1.54) is 49.0 Å². The SMILES string of the molecule is CN1C(n2c3ccccc3c3ccc4c5ccccc5n(-c5ccccc5)c4c32)=NC(c2ccccc2)NC1c1ccc(-c2cccc3oc4ccccc4c23)c2ccccc12. The van der Waals surface area contributed by atoms with Crippen molar-refractivity contribution < 1.29 is 4.42 Å². The Hall–Kier alpha value is -7.93. The van der Waals surface area contributed by atoms with Crippen molar-refractivity contribution in [2.24, 2.45) is 4.99 Å². The minimum absolute atomic E-state index is 0.243. The van der Waals surface area contributed by atoms with Crippen LogP contribution in [0.15, 0.2) is 210 Å². The van der Waals surface area contributed by atoms with Gasteiger partial charge in [0.1, 0.15) is 23.5 Å². The Morgan fingerprint density at radius 2 is 1.03 bits per heavy atom. The first-order valence-corrected chi connectivity index (χ1v) is 21.3. The molecular formula is C56H39N5O. The zero-order chi connectivity index (χ0) is 40.9. The van der Waals surface area contributed by atoms with Gasteiger partial charge in [0.2, 0.25) is 5.96 Å². The molecule has 294 valence electrons. The number of fused-ring (bicyclic) bond motifs is 11. The fourth-order valence-corrected chi connectivity index (χ4v) is 10.3. The lowest BCUT2D eigenvalue weighted by Gasteiger charge is -2.40. The van der Waals surface area contributed by atoms with Crippen LogP contribution < -0.4 is 5.32 Å². The Morgan fingerprint density at radius 3 is 1.77 bits per heavy atom. The molecule has 4 heterocycles. The van der Waals surface area contributed by atoms with E-state index in [-0.39, 0.29) is 12.3 Å². The van der Waals surface area contributed by atoms with Crippen LogP contribution in [-0.4, -0.2) is 27.0 Å². The van der Waals surface area contributed by atoms with Crippen LogP contribution in [0, 0.1) is 0 Å². The molecule has 0 amide bonds. The normalized spacial score (nSPS) is 15.8. The smallest absolute Gasteiger partial charge is 0.209 e. The van der Waals surface area contributed by atoms with Crippen LogP contribution in [0.25, 0.3) is 93.1 Å². The molecule has 2 unspecified atom stereocenters. The summed E-state index contributed by atoms with van der Waals surface area (Å²) in [6.45, 7) is 0. The molecule has 3 aromatic heterocycles. The maximum absolute atomic E-state index is 6.36. The molecule has 0 fully saturated rings. The average Bonchev–Trinajstić information content (AvgIpc) is 4.00. The third-order valence-electron chi connectivity index (χ3n) is 13.0. The quantitative estimate of drug-likeness (QED) is 0.193. The van der Waals surface area contributed by atoms with E-state index in [0.29, 0.717) is 0 Å². The van der Waals surface area contributed by atoms with Crippen molar-refractivity contribution in [3.05, 3.63) is 211 Å². The van der Waals surface area contributed by atoms with Gasteiger partial charge in [-0.05, 0) is 69.4 Å². The minimum Gasteiger partial charge on any atom is -0.456 e. The van der Waals surface area contributed by atoms with Gasteiger partial charge in [-0.3, -0.25) is 9.88 Å². The zero-order valence-electron chi connectivity index (χ0n) is 33.9. The van der Waals surface area contributed by atoms with Gasteiger partial charge in [-0.25, -0.2) is 4.99 Å². The second kappa shape index (κ2) is 13.5. The van der Waals surface area contributed by atoms with E-state index in [1.807, 2.05) is 6.07 Å². The number of hydrogen-bond acceptors (Lipinski definition) is 4. The van der Waals surface area contributed by atoms with Crippen LogP contribution in [0.4, 0.5) is 0 Å². The fraction of sp³-hybridized carbons (Fsp3) is 0.0536. The van der Waals surface area contributed by atoms with Crippen LogP contribution in [0.3, 0.4) is 0 Å². The van der Waals surface area contributed by atoms with Crippen molar-refractivity contribution in [2.45, 2.75) is 12.3 Å². The number of nitrogens with zero attached hydrogens (tertiary/aromatic N) is 4. The van der Waals surface area contributed by atoms with Crippen molar-refractivity contribution >= 4 is 82.3 Å². The fourth-order valence-electron chi connectivity index (χ4n) is 10.3. The van der Waals surface area contributed by atoms with Gasteiger partial charge in [-0.15, -0.1) is 0 Å². The minimum atomic E-state index is -0.327. The Labute approximate surface area is 357 Å². The van der Waals surface area contributed by atoms with Crippen LogP contribution in [0.1, 0.15) is 23.5 Å². The third-order valence-corrected chi connectivity index (χ3v) is 13.0. The number of para-hydroxylation sites is 4. The van der Waals surface area contributed by atoms with Gasteiger partial charge in [0.25, 0.3) is 0 Å². The van der Waals surface area contributed by atoms with Gasteiger partial charge >= 0.3 is 0 Å². The molecule has 0 saturated heterocycles. The molecule has 1 N–H and O–H groups in total. The van der Waals surface area contributed by atoms with E-state index < -0.39 is 0 Å². The summed E-state index contributed by atoms with van der Waals surface area (Å²) in [6.07, 6.45) is -0.570. The Kier molecular flexibility index (Phi) is 7.62. The zero-order valence-corrected chi connectivity index (χ0v) is 33.9. The Balaban J connectivity index is 1.07. The molecule has 0 bridgehead atoms. The molecule has 12 aromatic rings. The van der Waals surface area contributed by atoms with Crippen LogP contribution in [-0.2, 0) is 0 Å². The summed E-state index contributed by atoms with van der Waals surface area (Å²) in [5.74, 6) is 0.869. The second-order valence-corrected chi connectivity index (χ2v) is 16.3. The van der Waals surface area contributed by atoms with Gasteiger partial charge in [-0.2, -0.15) is 0 Å². The molecule has 2 atom stereocenters. The number of furan rings is 1. The highest BCUT2D eigenvalue weighted by Gasteiger charge is 2.34. The number of hydrogen-bond donors (Lipinski definition) is 1. The van der Waals surface area contributed by atoms with Crippen molar-refractivity contribution in [3.8, 4) is 16.8 Å². The van der Waals surface area contributed by atoms with E-state index in [2.05, 4.69) is 221 Å². The van der Waals surface area contributed by atoms with Crippen molar-refractivity contribution in [2.75, 3.05) is 7.05 Å². The molecule has 62 heavy (non-hydrogen) atoms. The Morgan fingerprint density at radius 1 is 0.452 bits per heavy atom. The maximum Gasteiger partial charge on any atom is 0.209 e. The highest BCUT2D eigenvalue weighted by atomic mass is 16.3. The Bertz CT molecular complexity index is 3760. The summed E-state index contributed by atoms with van der Waals surface area (Å²) in [7, 11) is 2.19. The summed E-state index contributed by atoms with van der Waals surface area (Å²) in [6, 6.07) is 71.7. The van der Waals surface area contributed by atoms with Crippen LogP contribution >= 0.6 is 0 Å². The summed E-state index contributed by atoms with van der Waals surface area (Å²) in [5.41, 5.74) is 12.1. The van der Waals surface area contributed by atoms with Crippen molar-refractivity contribution in [1.29, 1.82) is 0 Å². The predicted octanol–water partition coefficient (Wildman–Crippen LogP) is 13.7. The van der Waals surface area contributed by atoms with Gasteiger partial charge in [0, 0.05) is 45.1 Å². The van der Waals surface area contributed by atoms with E-state index in [0.717, 1.165) is 61.3 Å². The molecule has 6 nitrogen and oxygen atoms in total. The lowest BCUT2D eigenvalue weighted by molar-refractivity contribution is 0.252. The van der Waals surface area contributed by atoms with E-state index in [9.17, 15) is 0 Å². The third kappa shape index (κ3) is 5.04. The van der Waals surface area contributed by atoms with E-state index in [1.54, 1.807) is 0 Å². The van der Waals surface area contributed by atoms with Crippen molar-refractivity contribution in [3.63, 3.8) is 0 Å². The van der Waals surface area contributed by atoms with Gasteiger partial charge < -0.3 is 13.9 Å². The monoisotopic (exact) mass is 797 g/mol. The largest absolute Gasteiger partial charge is 0.456 e. The van der Waals surface area contributed by atoms with Gasteiger partial charge in [-0.1, -0.05) is 164 Å². The summed E-state index contributed by atoms with van der Waals surface area (Å²) >= 11 is 0. The first kappa shape index (κ1) is 34.9. The number of aliphatic imine (C=N–C) groups is 1. The lowest BCUT2D eigenvalue weighted by Crippen LogP contribution is -2.48. The van der Waals surface area contributed by atoms with E-state index in [4.69, 9.17) is 9.41 Å². The molecule has 1 aliphatic heterocycles. The first-order valence-electron chi connectivity index (χ1n) is 21.3. The molecule has 0 saturated carbocycles. The molecule has 13 rings (SSSR count). The molecule has 0 spiro atoms. The summed E-state index contributed by atoms with van der Waals surface area (Å²) in [5, 5.41) is 13.4. The van der Waals surface area contributed by atoms with Crippen molar-refractivity contribution in [1.82, 2.24) is 19.4 Å². The van der Waals surface area contributed by atoms with Crippen LogP contribution in [0.2, 0.25) is 0 Å². The molecule has 0 radical (unpaired) electrons. The summed E-state index contributed by atoms with van der Waals surface area (Å²) < 4.78 is 11.2. The molecule has 6 heteroatoms. The average molecular weight is 798 g/mol. The van der Waals surface area contributed by atoms with Gasteiger partial charge in [0.15, 0.2) is 0 Å². The number of aromatic nitrogens is 2. The number of nitrogens with one attached hydrogen (secondary N) is 1. The first-order chi connectivity index (χ1) is 30.7. The maximum atomic E-state index is 6.36. The highest BCUT2D eigenvalue weighted by molar-refractivity contribution is 6.26. The summed E-state index contributed by atoms with van der Waals surface area (Å²) in [4.78, 5) is 8.03. The van der Waals surface area contributed by atoms with Crippen LogP contribution in [0.5, 0.6) is 0 Å². The molecule has 0 aliphatic carbocycles. The molecule has 9 aromatic carbocycles. The van der Waals surface area contributed by atoms with Gasteiger partial charge in [0.05, 0.1) is 22.1 Å². The second-order valence-electron chi connectivity index (χ2n) is 16.3. The van der Waals surface area contributed by atoms with E-state index >= 15 is 0 Å². The lowest BCUT2D eigenvalue weighted by atomic mass is 9.91. The molecule has 1 aliphatic rings. The number of benzene rings is 9. The molecular weight excluding hydrogens is 759 g/mol. The highest BCUT2D eigenvalue weighted by Crippen LogP contribution is 2.44. The number of rotatable bonds is 4. The predicted molar refractivity (Wildman–Crippen MR) is 256 cm³/mol.